The van der Waals surface area contributed by atoms with Crippen molar-refractivity contribution in [3.8, 4) is 5.75 Å². The smallest absolute Gasteiger partial charge is 0.301 e. The molecule has 0 saturated carbocycles. The van der Waals surface area contributed by atoms with Gasteiger partial charge in [0.2, 0.25) is 5.78 Å². The van der Waals surface area contributed by atoms with Crippen LogP contribution in [-0.2, 0) is 12.2 Å². The van der Waals surface area contributed by atoms with Crippen molar-refractivity contribution in [2.75, 3.05) is 0 Å². The topological polar surface area (TPSA) is 87.0 Å². The summed E-state index contributed by atoms with van der Waals surface area (Å²) in [7, 11) is 0. The van der Waals surface area contributed by atoms with Crippen molar-refractivity contribution in [2.24, 2.45) is 0 Å². The summed E-state index contributed by atoms with van der Waals surface area (Å²) in [6.07, 6.45) is 2.46. The third kappa shape index (κ3) is 2.76. The molecular formula is C20H20O5. The fourth-order valence-corrected chi connectivity index (χ4v) is 2.84. The number of aliphatic hydroxyl groups is 3. The fraction of sp³-hybridized carbons (Fsp3) is 0.250. The van der Waals surface area contributed by atoms with Crippen LogP contribution in [0.5, 0.6) is 5.75 Å². The summed E-state index contributed by atoms with van der Waals surface area (Å²) >= 11 is 0. The summed E-state index contributed by atoms with van der Waals surface area (Å²) in [6.45, 7) is 3.91. The fourth-order valence-electron chi connectivity index (χ4n) is 2.84. The Balaban J connectivity index is 2.17. The molecule has 0 aromatic heterocycles. The van der Waals surface area contributed by atoms with Gasteiger partial charge in [0.25, 0.3) is 5.79 Å². The lowest BCUT2D eigenvalue weighted by molar-refractivity contribution is -0.328. The average Bonchev–Trinajstić information content (AvgIpc) is 2.59. The van der Waals surface area contributed by atoms with Gasteiger partial charge in [-0.2, -0.15) is 0 Å². The molecule has 0 aliphatic carbocycles. The van der Waals surface area contributed by atoms with Gasteiger partial charge in [0.15, 0.2) is 0 Å². The van der Waals surface area contributed by atoms with Gasteiger partial charge >= 0.3 is 5.79 Å². The van der Waals surface area contributed by atoms with E-state index in [1.165, 1.54) is 18.2 Å². The summed E-state index contributed by atoms with van der Waals surface area (Å²) < 4.78 is 5.66. The number of allylic oxidation sites excluding steroid dienone is 2. The number of benzene rings is 2. The number of hydrogen-bond donors (Lipinski definition) is 3. The Bertz CT molecular complexity index is 834. The van der Waals surface area contributed by atoms with Gasteiger partial charge in [0.1, 0.15) is 5.75 Å². The molecule has 2 aromatic rings. The first-order valence-electron chi connectivity index (χ1n) is 7.99. The zero-order chi connectivity index (χ0) is 18.2. The summed E-state index contributed by atoms with van der Waals surface area (Å²) in [5.41, 5.74) is 1.88. The van der Waals surface area contributed by atoms with Gasteiger partial charge in [0, 0.05) is 5.56 Å². The molecule has 0 spiro atoms. The molecule has 25 heavy (non-hydrogen) atoms. The van der Waals surface area contributed by atoms with Crippen LogP contribution in [-0.4, -0.2) is 26.9 Å². The number of carbonyl (C=O) groups is 1. The number of rotatable bonds is 3. The van der Waals surface area contributed by atoms with Crippen molar-refractivity contribution in [3.63, 3.8) is 0 Å². The number of ether oxygens (including phenoxy) is 1. The molecule has 3 N–H and O–H groups in total. The summed E-state index contributed by atoms with van der Waals surface area (Å²) in [5.74, 6) is -6.54. The second-order valence-corrected chi connectivity index (χ2v) is 6.39. The van der Waals surface area contributed by atoms with Gasteiger partial charge in [-0.1, -0.05) is 54.1 Å². The summed E-state index contributed by atoms with van der Waals surface area (Å²) in [5, 5.41) is 31.7. The summed E-state index contributed by atoms with van der Waals surface area (Å²) in [6, 6.07) is 12.8. The average molecular weight is 340 g/mol. The van der Waals surface area contributed by atoms with Crippen molar-refractivity contribution in [3.05, 3.63) is 76.9 Å². The van der Waals surface area contributed by atoms with Crippen molar-refractivity contribution < 1.29 is 24.9 Å². The largest absolute Gasteiger partial charge is 0.451 e. The van der Waals surface area contributed by atoms with Gasteiger partial charge < -0.3 is 20.1 Å². The highest BCUT2D eigenvalue weighted by molar-refractivity contribution is 6.05. The highest BCUT2D eigenvalue weighted by Gasteiger charge is 2.61. The van der Waals surface area contributed by atoms with Crippen LogP contribution in [0.2, 0.25) is 0 Å². The van der Waals surface area contributed by atoms with E-state index in [-0.39, 0.29) is 16.9 Å². The highest BCUT2D eigenvalue weighted by atomic mass is 16.7. The second kappa shape index (κ2) is 6.11. The molecule has 2 aromatic carbocycles. The SMILES string of the molecule is CC(C)=CCc1cccc2c1OC(O)(c1ccccc1)C(O)(O)C2=O. The van der Waals surface area contributed by atoms with Crippen LogP contribution < -0.4 is 4.74 Å². The molecule has 0 saturated heterocycles. The van der Waals surface area contributed by atoms with Crippen molar-refractivity contribution in [1.82, 2.24) is 0 Å². The molecule has 5 nitrogen and oxygen atoms in total. The van der Waals surface area contributed by atoms with Crippen LogP contribution in [0.1, 0.15) is 35.3 Å². The van der Waals surface area contributed by atoms with Gasteiger partial charge in [0.05, 0.1) is 5.56 Å². The van der Waals surface area contributed by atoms with Crippen molar-refractivity contribution >= 4 is 5.78 Å². The number of Topliss-reactive ketones (excluding diaryl/α,β-unsaturated/α-hetero) is 1. The van der Waals surface area contributed by atoms with E-state index < -0.39 is 17.4 Å². The molecule has 1 atom stereocenters. The standard InChI is InChI=1S/C20H20O5/c1-13(2)11-12-14-7-6-10-16-17(14)25-20(24,19(22,23)18(16)21)15-8-4-3-5-9-15/h3-11,22-24H,12H2,1-2H3. The van der Waals surface area contributed by atoms with E-state index in [1.807, 2.05) is 19.9 Å². The molecule has 1 aliphatic heterocycles. The first-order chi connectivity index (χ1) is 11.8. The highest BCUT2D eigenvalue weighted by Crippen LogP contribution is 2.44. The molecular weight excluding hydrogens is 320 g/mol. The number of ketones is 1. The van der Waals surface area contributed by atoms with Crippen LogP contribution in [0.4, 0.5) is 0 Å². The first-order valence-corrected chi connectivity index (χ1v) is 7.99. The van der Waals surface area contributed by atoms with Crippen LogP contribution in [0, 0.1) is 0 Å². The van der Waals surface area contributed by atoms with Crippen LogP contribution in [0.3, 0.4) is 0 Å². The normalized spacial score (nSPS) is 21.2. The molecule has 130 valence electrons. The van der Waals surface area contributed by atoms with Gasteiger partial charge in [-0.15, -0.1) is 0 Å². The number of carbonyl (C=O) groups excluding carboxylic acids is 1. The Morgan fingerprint density at radius 2 is 1.72 bits per heavy atom. The summed E-state index contributed by atoms with van der Waals surface area (Å²) in [4.78, 5) is 12.7. The molecule has 5 heteroatoms. The van der Waals surface area contributed by atoms with E-state index in [0.29, 0.717) is 12.0 Å². The second-order valence-electron chi connectivity index (χ2n) is 6.39. The zero-order valence-electron chi connectivity index (χ0n) is 14.1. The maximum absolute atomic E-state index is 12.7. The van der Waals surface area contributed by atoms with Crippen LogP contribution >= 0.6 is 0 Å². The van der Waals surface area contributed by atoms with E-state index in [4.69, 9.17) is 4.74 Å². The lowest BCUT2D eigenvalue weighted by Crippen LogP contribution is -2.63. The Hall–Kier alpha value is -2.47. The molecule has 0 bridgehead atoms. The number of hydrogen-bond acceptors (Lipinski definition) is 5. The Kier molecular flexibility index (Phi) is 4.24. The van der Waals surface area contributed by atoms with Crippen LogP contribution in [0.25, 0.3) is 0 Å². The van der Waals surface area contributed by atoms with E-state index in [0.717, 1.165) is 5.57 Å². The Morgan fingerprint density at radius 3 is 2.36 bits per heavy atom. The molecule has 1 unspecified atom stereocenters. The molecule has 3 rings (SSSR count). The van der Waals surface area contributed by atoms with Gasteiger partial charge in [-0.05, 0) is 31.9 Å². The zero-order valence-corrected chi connectivity index (χ0v) is 14.1. The van der Waals surface area contributed by atoms with E-state index in [9.17, 15) is 20.1 Å². The monoisotopic (exact) mass is 340 g/mol. The first kappa shape index (κ1) is 17.4. The molecule has 0 radical (unpaired) electrons. The number of para-hydroxylation sites is 1. The lowest BCUT2D eigenvalue weighted by atomic mass is 9.86. The predicted molar refractivity (Wildman–Crippen MR) is 92.0 cm³/mol. The van der Waals surface area contributed by atoms with Crippen LogP contribution in [0.15, 0.2) is 60.2 Å². The van der Waals surface area contributed by atoms with Gasteiger partial charge in [-0.25, -0.2) is 0 Å². The number of fused-ring (bicyclic) bond motifs is 1. The molecule has 0 fully saturated rings. The van der Waals surface area contributed by atoms with Crippen molar-refractivity contribution in [2.45, 2.75) is 31.8 Å². The minimum Gasteiger partial charge on any atom is -0.451 e. The lowest BCUT2D eigenvalue weighted by Gasteiger charge is -2.42. The van der Waals surface area contributed by atoms with E-state index in [1.54, 1.807) is 30.3 Å². The predicted octanol–water partition coefficient (Wildman–Crippen LogP) is 2.30. The Morgan fingerprint density at radius 1 is 1.04 bits per heavy atom. The quantitative estimate of drug-likeness (QED) is 0.589. The van der Waals surface area contributed by atoms with E-state index in [2.05, 4.69) is 0 Å². The minimum absolute atomic E-state index is 0.0327. The molecule has 0 amide bonds. The maximum Gasteiger partial charge on any atom is 0.301 e. The molecule has 1 aliphatic rings. The van der Waals surface area contributed by atoms with Gasteiger partial charge in [-0.3, -0.25) is 4.79 Å². The third-order valence-electron chi connectivity index (χ3n) is 4.28. The molecule has 1 heterocycles. The van der Waals surface area contributed by atoms with Crippen molar-refractivity contribution in [1.29, 1.82) is 0 Å². The Labute approximate surface area is 145 Å². The third-order valence-corrected chi connectivity index (χ3v) is 4.28. The minimum atomic E-state index is -3.10. The van der Waals surface area contributed by atoms with E-state index >= 15 is 0 Å². The maximum atomic E-state index is 12.7.